The summed E-state index contributed by atoms with van der Waals surface area (Å²) in [6, 6.07) is -12.9. The van der Waals surface area contributed by atoms with Crippen molar-refractivity contribution < 1.29 is 62.6 Å². The molecular weight excluding hydrogens is 1240 g/mol. The molecule has 95 heavy (non-hydrogen) atoms. The molecule has 1 fully saturated rings. The van der Waals surface area contributed by atoms with E-state index in [2.05, 4.69) is 21.3 Å². The molecule has 0 bridgehead atoms. The predicted octanol–water partition coefficient (Wildman–Crippen LogP) is 4.44. The summed E-state index contributed by atoms with van der Waals surface area (Å²) < 4.78 is 6.32. The number of nitrogens with zero attached hydrogens (tertiary/aromatic N) is 8. The van der Waals surface area contributed by atoms with E-state index >= 15 is 33.6 Å². The van der Waals surface area contributed by atoms with E-state index in [1.54, 1.807) is 54.5 Å². The van der Waals surface area contributed by atoms with Crippen molar-refractivity contribution >= 4 is 76.7 Å². The maximum absolute atomic E-state index is 15.4. The minimum absolute atomic E-state index is 0.0109. The Balaban J connectivity index is 4.59. The molecule has 0 aromatic carbocycles. The number of nitrogens with one attached hydrogen (secondary N) is 4. The number of thioether (sulfide) groups is 1. The fraction of sp³-hybridized carbons (Fsp3) is 0.812. The van der Waals surface area contributed by atoms with Gasteiger partial charge in [0.05, 0.1) is 18.8 Å². The third-order valence-corrected chi connectivity index (χ3v) is 19.3. The maximum Gasteiger partial charge on any atom is 0.256 e. The lowest BCUT2D eigenvalue weighted by Crippen LogP contribution is -2.64. The van der Waals surface area contributed by atoms with E-state index in [4.69, 9.17) is 4.74 Å². The van der Waals surface area contributed by atoms with Gasteiger partial charge >= 0.3 is 0 Å². The highest BCUT2D eigenvalue weighted by molar-refractivity contribution is 8.00. The molecule has 1 aliphatic rings. The third kappa shape index (κ3) is 25.5. The number of allylic oxidation sites excluding steroid dienone is 2. The third-order valence-electron chi connectivity index (χ3n) is 17.9. The van der Waals surface area contributed by atoms with E-state index in [0.29, 0.717) is 38.0 Å². The first kappa shape index (κ1) is 87.2. The molecule has 0 saturated carbocycles. The molecule has 1 aliphatic heterocycles. The van der Waals surface area contributed by atoms with Crippen LogP contribution in [-0.2, 0) is 57.5 Å². The maximum atomic E-state index is 15.4. The van der Waals surface area contributed by atoms with Crippen LogP contribution in [0.25, 0.3) is 0 Å². The molecule has 1 saturated heterocycles. The van der Waals surface area contributed by atoms with Crippen molar-refractivity contribution in [3.8, 4) is 0 Å². The topological polar surface area (TPSA) is 291 Å². The molecule has 0 aromatic heterocycles. The van der Waals surface area contributed by atoms with E-state index in [1.165, 1.54) is 92.6 Å². The predicted molar refractivity (Wildman–Crippen MR) is 374 cm³/mol. The molecule has 13 atom stereocenters. The van der Waals surface area contributed by atoms with Crippen LogP contribution in [0.5, 0.6) is 0 Å². The second-order valence-corrected chi connectivity index (χ2v) is 29.5. The van der Waals surface area contributed by atoms with Gasteiger partial charge in [0.15, 0.2) is 5.37 Å². The molecule has 1 rings (SSSR count). The first-order chi connectivity index (χ1) is 44.1. The van der Waals surface area contributed by atoms with E-state index < -0.39 is 155 Å². The van der Waals surface area contributed by atoms with Gasteiger partial charge in [0.1, 0.15) is 60.4 Å². The number of rotatable bonds is 23. The van der Waals surface area contributed by atoms with Crippen molar-refractivity contribution in [1.82, 2.24) is 60.5 Å². The number of hydrogen-bond acceptors (Lipinski definition) is 15. The summed E-state index contributed by atoms with van der Waals surface area (Å²) in [5, 5.41) is 22.2. The van der Waals surface area contributed by atoms with Gasteiger partial charge in [-0.1, -0.05) is 109 Å². The van der Waals surface area contributed by atoms with E-state index in [1.807, 2.05) is 80.5 Å². The van der Waals surface area contributed by atoms with Crippen LogP contribution in [0.3, 0.4) is 0 Å². The van der Waals surface area contributed by atoms with Crippen molar-refractivity contribution in [2.45, 2.75) is 247 Å². The van der Waals surface area contributed by atoms with E-state index in [-0.39, 0.29) is 56.1 Å². The van der Waals surface area contributed by atoms with Crippen molar-refractivity contribution in [3.05, 3.63) is 12.2 Å². The van der Waals surface area contributed by atoms with Crippen molar-refractivity contribution in [1.29, 1.82) is 0 Å². The van der Waals surface area contributed by atoms with Crippen LogP contribution in [0.2, 0.25) is 0 Å². The number of ether oxygens (including phenoxy) is 1. The summed E-state index contributed by atoms with van der Waals surface area (Å²) in [6.45, 7) is 30.4. The molecule has 5 N–H and O–H groups in total. The Bertz CT molecular complexity index is 2550. The fourth-order valence-corrected chi connectivity index (χ4v) is 12.8. The van der Waals surface area contributed by atoms with Crippen molar-refractivity contribution in [3.63, 3.8) is 0 Å². The van der Waals surface area contributed by atoms with Crippen LogP contribution < -0.4 is 21.3 Å². The zero-order valence-corrected chi connectivity index (χ0v) is 63.6. The summed E-state index contributed by atoms with van der Waals surface area (Å²) in [4.78, 5) is 175. The first-order valence-corrected chi connectivity index (χ1v) is 35.4. The summed E-state index contributed by atoms with van der Waals surface area (Å²) in [6.07, 6.45) is 4.19. The van der Waals surface area contributed by atoms with Crippen LogP contribution in [0.4, 0.5) is 0 Å². The van der Waals surface area contributed by atoms with Gasteiger partial charge in [0.25, 0.3) is 5.91 Å². The molecule has 25 nitrogen and oxygen atoms in total. The van der Waals surface area contributed by atoms with Gasteiger partial charge < -0.3 is 70.3 Å². The molecule has 0 unspecified atom stereocenters. The standard InChI is InChI=1S/C69H126N12O13S/c1-27-31-33-45(15)57(82)56-61(86)72-49(30-4)63(88)81(26)69(95-35-32-34-74(18)19)68(93)78(23)53(39-94-48(28-2)29-3)60(85)73-54(43(11)12)66(91)75(20)50(36-40(5)6)59(84)70-46(16)58(83)71-47(17)62(87)76(21)51(37-41(7)8)64(89)77(22)52(38-42(9)10)65(90)79(24)55(44(13)14)67(92)80(56)25/h27,31,40-57,69,82H,28-30,32-39H2,1-26H3,(H,70,84)(H,71,83)(H,72,86)(H,73,85)/b31-27+/t45-,46+,47-,49+,50+,51+,52+,53+,54+,55+,56+,57-,69-/m1/s1. The van der Waals surface area contributed by atoms with Gasteiger partial charge in [0, 0.05) is 49.3 Å². The Morgan fingerprint density at radius 3 is 1.45 bits per heavy atom. The Kier molecular flexibility index (Phi) is 38.0. The lowest BCUT2D eigenvalue weighted by molar-refractivity contribution is -0.157. The molecule has 1 heterocycles. The largest absolute Gasteiger partial charge is 0.390 e. The monoisotopic (exact) mass is 1360 g/mol. The number of likely N-dealkylation sites (N-methyl/N-ethyl adjacent to an activating group) is 7. The number of amides is 11. The lowest BCUT2D eigenvalue weighted by Gasteiger charge is -2.41. The summed E-state index contributed by atoms with van der Waals surface area (Å²) in [5.74, 6) is -9.60. The van der Waals surface area contributed by atoms with Gasteiger partial charge in [-0.05, 0) is 134 Å². The van der Waals surface area contributed by atoms with Gasteiger partial charge in [0.2, 0.25) is 59.1 Å². The lowest BCUT2D eigenvalue weighted by atomic mass is 9.91. The number of carbonyl (C=O) groups excluding carboxylic acids is 11. The van der Waals surface area contributed by atoms with Gasteiger partial charge in [-0.15, -0.1) is 11.8 Å². The van der Waals surface area contributed by atoms with Crippen LogP contribution >= 0.6 is 11.8 Å². The summed E-state index contributed by atoms with van der Waals surface area (Å²) in [7, 11) is 13.8. The number of aliphatic hydroxyl groups excluding tert-OH is 1. The quantitative estimate of drug-likeness (QED) is 0.0698. The van der Waals surface area contributed by atoms with Gasteiger partial charge in [-0.2, -0.15) is 0 Å². The Labute approximate surface area is 574 Å². The highest BCUT2D eigenvalue weighted by Crippen LogP contribution is 2.27. The van der Waals surface area contributed by atoms with Crippen LogP contribution in [0.15, 0.2) is 12.2 Å². The average molecular weight is 1360 g/mol. The molecule has 546 valence electrons. The number of carbonyl (C=O) groups is 11. The van der Waals surface area contributed by atoms with Gasteiger partial charge in [-0.3, -0.25) is 52.7 Å². The zero-order chi connectivity index (χ0) is 73.4. The van der Waals surface area contributed by atoms with Crippen LogP contribution in [-0.4, -0.2) is 270 Å². The van der Waals surface area contributed by atoms with Crippen LogP contribution in [0.1, 0.15) is 169 Å². The van der Waals surface area contributed by atoms with E-state index in [0.717, 1.165) is 16.7 Å². The Morgan fingerprint density at radius 2 is 0.979 bits per heavy atom. The minimum Gasteiger partial charge on any atom is -0.390 e. The number of hydrogen-bond donors (Lipinski definition) is 5. The smallest absolute Gasteiger partial charge is 0.256 e. The van der Waals surface area contributed by atoms with Crippen molar-refractivity contribution in [2.75, 3.05) is 82.3 Å². The molecule has 11 amide bonds. The SMILES string of the molecule is C/C=C/C[C@@H](C)[C@@H](O)[C@H]1C(=O)N[C@@H](CC)C(=O)N(C)[C@H](SCCCN(C)C)C(=O)N(C)[C@@H](COC(CC)CC)C(=O)N[C@@H](C(C)C)C(=O)N(C)[C@@H](CC(C)C)C(=O)N[C@@H](C)C(=O)N[C@H](C)C(=O)N(C)[C@@H](CC(C)C)C(=O)N(C)[C@@H](CC(C)C)C(=O)N(C)[C@@H](C(C)C)C(=O)N1C. The highest BCUT2D eigenvalue weighted by atomic mass is 32.2. The summed E-state index contributed by atoms with van der Waals surface area (Å²) >= 11 is 1.16. The molecule has 0 aromatic rings. The molecular formula is C69H126N12O13S. The first-order valence-electron chi connectivity index (χ1n) is 34.4. The summed E-state index contributed by atoms with van der Waals surface area (Å²) in [5.41, 5.74) is 0. The zero-order valence-electron chi connectivity index (χ0n) is 62.7. The Morgan fingerprint density at radius 1 is 0.516 bits per heavy atom. The molecule has 0 spiro atoms. The van der Waals surface area contributed by atoms with E-state index in [9.17, 15) is 24.3 Å². The average Bonchev–Trinajstić information content (AvgIpc) is 0.818. The van der Waals surface area contributed by atoms with Gasteiger partial charge in [-0.25, -0.2) is 0 Å². The van der Waals surface area contributed by atoms with Crippen LogP contribution in [0, 0.1) is 35.5 Å². The molecule has 26 heteroatoms. The number of aliphatic hydroxyl groups is 1. The highest BCUT2D eigenvalue weighted by Gasteiger charge is 2.46. The normalized spacial score (nSPS) is 26.2. The minimum atomic E-state index is -1.65. The second-order valence-electron chi connectivity index (χ2n) is 28.3. The second kappa shape index (κ2) is 41.4. The molecule has 0 radical (unpaired) electrons. The van der Waals surface area contributed by atoms with Crippen molar-refractivity contribution in [2.24, 2.45) is 35.5 Å². The fourth-order valence-electron chi connectivity index (χ4n) is 11.7. The Hall–Kier alpha value is -5.86. The molecule has 0 aliphatic carbocycles.